The third-order valence-electron chi connectivity index (χ3n) is 3.74. The maximum absolute atomic E-state index is 13.1. The van der Waals surface area contributed by atoms with Crippen LogP contribution in [0.5, 0.6) is 0 Å². The lowest BCUT2D eigenvalue weighted by Gasteiger charge is -2.26. The minimum Gasteiger partial charge on any atom is -0.207 e. The average molecular weight is 285 g/mol. The van der Waals surface area contributed by atoms with Crippen molar-refractivity contribution in [2.75, 3.05) is 13.6 Å². The van der Waals surface area contributed by atoms with Gasteiger partial charge in [0.25, 0.3) is 0 Å². The van der Waals surface area contributed by atoms with Crippen molar-refractivity contribution in [3.63, 3.8) is 0 Å². The molecule has 0 aliphatic heterocycles. The van der Waals surface area contributed by atoms with E-state index in [0.29, 0.717) is 12.5 Å². The van der Waals surface area contributed by atoms with Gasteiger partial charge in [-0.3, -0.25) is 0 Å². The third-order valence-corrected chi connectivity index (χ3v) is 5.56. The van der Waals surface area contributed by atoms with Crippen molar-refractivity contribution in [3.8, 4) is 0 Å². The Hall–Kier alpha value is -0.940. The van der Waals surface area contributed by atoms with Crippen LogP contribution >= 0.6 is 0 Å². The minimum atomic E-state index is -3.57. The van der Waals surface area contributed by atoms with Crippen LogP contribution in [0.4, 0.5) is 4.39 Å². The summed E-state index contributed by atoms with van der Waals surface area (Å²) in [7, 11) is -1.99. The van der Waals surface area contributed by atoms with E-state index in [1.165, 1.54) is 41.8 Å². The zero-order valence-corrected chi connectivity index (χ0v) is 12.0. The summed E-state index contributed by atoms with van der Waals surface area (Å²) in [5.74, 6) is -0.0887. The quantitative estimate of drug-likeness (QED) is 0.852. The average Bonchev–Trinajstić information content (AvgIpc) is 2.40. The molecule has 1 saturated carbocycles. The molecule has 0 saturated heterocycles. The van der Waals surface area contributed by atoms with Crippen LogP contribution in [0.1, 0.15) is 32.1 Å². The molecule has 0 unspecified atom stereocenters. The highest BCUT2D eigenvalue weighted by Crippen LogP contribution is 2.26. The third kappa shape index (κ3) is 3.54. The molecule has 0 atom stereocenters. The second kappa shape index (κ2) is 6.01. The van der Waals surface area contributed by atoms with Crippen LogP contribution in [-0.2, 0) is 10.0 Å². The minimum absolute atomic E-state index is 0.0332. The Morgan fingerprint density at radius 3 is 2.58 bits per heavy atom. The zero-order valence-electron chi connectivity index (χ0n) is 11.2. The largest absolute Gasteiger partial charge is 0.242 e. The molecular weight excluding hydrogens is 265 g/mol. The molecule has 0 bridgehead atoms. The highest BCUT2D eigenvalue weighted by atomic mass is 32.2. The van der Waals surface area contributed by atoms with Gasteiger partial charge in [0.05, 0.1) is 4.90 Å². The zero-order chi connectivity index (χ0) is 13.9. The SMILES string of the molecule is CN(CC1CCCCC1)S(=O)(=O)c1cccc(F)c1. The standard InChI is InChI=1S/C14H20FNO2S/c1-16(11-12-6-3-2-4-7-12)19(17,18)14-9-5-8-13(15)10-14/h5,8-10,12H,2-4,6-7,11H2,1H3. The van der Waals surface area contributed by atoms with Crippen LogP contribution in [0.25, 0.3) is 0 Å². The van der Waals surface area contributed by atoms with Gasteiger partial charge in [-0.2, -0.15) is 0 Å². The summed E-state index contributed by atoms with van der Waals surface area (Å²) in [5, 5.41) is 0. The van der Waals surface area contributed by atoms with Crippen molar-refractivity contribution in [1.29, 1.82) is 0 Å². The van der Waals surface area contributed by atoms with Crippen molar-refractivity contribution in [2.45, 2.75) is 37.0 Å². The number of rotatable bonds is 4. The molecule has 5 heteroatoms. The summed E-state index contributed by atoms with van der Waals surface area (Å²) in [4.78, 5) is 0.0332. The predicted octanol–water partition coefficient (Wildman–Crippen LogP) is 3.03. The number of nitrogens with zero attached hydrogens (tertiary/aromatic N) is 1. The Kier molecular flexibility index (Phi) is 4.58. The Morgan fingerprint density at radius 2 is 1.95 bits per heavy atom. The lowest BCUT2D eigenvalue weighted by molar-refractivity contribution is 0.300. The number of halogens is 1. The molecule has 1 aliphatic rings. The van der Waals surface area contributed by atoms with Crippen LogP contribution < -0.4 is 0 Å². The van der Waals surface area contributed by atoms with Gasteiger partial charge >= 0.3 is 0 Å². The van der Waals surface area contributed by atoms with E-state index in [2.05, 4.69) is 0 Å². The summed E-state index contributed by atoms with van der Waals surface area (Å²) >= 11 is 0. The van der Waals surface area contributed by atoms with Gasteiger partial charge in [0, 0.05) is 13.6 Å². The van der Waals surface area contributed by atoms with E-state index in [1.54, 1.807) is 7.05 Å². The molecule has 106 valence electrons. The molecule has 3 nitrogen and oxygen atoms in total. The maximum atomic E-state index is 13.1. The molecule has 1 aromatic carbocycles. The molecular formula is C14H20FNO2S. The number of hydrogen-bond acceptors (Lipinski definition) is 2. The van der Waals surface area contributed by atoms with Crippen LogP contribution in [0.15, 0.2) is 29.2 Å². The topological polar surface area (TPSA) is 37.4 Å². The van der Waals surface area contributed by atoms with E-state index in [1.807, 2.05) is 0 Å². The number of hydrogen-bond donors (Lipinski definition) is 0. The summed E-state index contributed by atoms with van der Waals surface area (Å²) in [6, 6.07) is 5.19. The fraction of sp³-hybridized carbons (Fsp3) is 0.571. The van der Waals surface area contributed by atoms with Gasteiger partial charge in [-0.1, -0.05) is 25.3 Å². The van der Waals surface area contributed by atoms with Gasteiger partial charge in [0.1, 0.15) is 5.82 Å². The van der Waals surface area contributed by atoms with E-state index in [0.717, 1.165) is 18.9 Å². The molecule has 2 rings (SSSR count). The molecule has 0 aromatic heterocycles. The van der Waals surface area contributed by atoms with Crippen molar-refractivity contribution >= 4 is 10.0 Å². The first-order valence-electron chi connectivity index (χ1n) is 6.72. The Balaban J connectivity index is 2.10. The smallest absolute Gasteiger partial charge is 0.207 e. The van der Waals surface area contributed by atoms with E-state index in [-0.39, 0.29) is 4.90 Å². The Morgan fingerprint density at radius 1 is 1.26 bits per heavy atom. The maximum Gasteiger partial charge on any atom is 0.242 e. The van der Waals surface area contributed by atoms with E-state index in [9.17, 15) is 12.8 Å². The van der Waals surface area contributed by atoms with Crippen LogP contribution in [0.2, 0.25) is 0 Å². The number of benzene rings is 1. The number of sulfonamides is 1. The first-order chi connectivity index (χ1) is 9.00. The fourth-order valence-corrected chi connectivity index (χ4v) is 3.92. The Labute approximate surface area is 114 Å². The van der Waals surface area contributed by atoms with E-state index < -0.39 is 15.8 Å². The van der Waals surface area contributed by atoms with Crippen LogP contribution in [0, 0.1) is 11.7 Å². The molecule has 0 heterocycles. The van der Waals surface area contributed by atoms with E-state index in [4.69, 9.17) is 0 Å². The van der Waals surface area contributed by atoms with Gasteiger partial charge in [-0.05, 0) is 37.0 Å². The van der Waals surface area contributed by atoms with Gasteiger partial charge in [-0.15, -0.1) is 0 Å². The molecule has 1 aromatic rings. The van der Waals surface area contributed by atoms with Gasteiger partial charge in [0.2, 0.25) is 10.0 Å². The lowest BCUT2D eigenvalue weighted by Crippen LogP contribution is -2.32. The molecule has 19 heavy (non-hydrogen) atoms. The van der Waals surface area contributed by atoms with Gasteiger partial charge in [0.15, 0.2) is 0 Å². The molecule has 0 radical (unpaired) electrons. The molecule has 0 N–H and O–H groups in total. The molecule has 0 spiro atoms. The summed E-state index contributed by atoms with van der Waals surface area (Å²) < 4.78 is 39.1. The lowest BCUT2D eigenvalue weighted by atomic mass is 9.89. The Bertz CT molecular complexity index is 524. The van der Waals surface area contributed by atoms with Crippen molar-refractivity contribution < 1.29 is 12.8 Å². The van der Waals surface area contributed by atoms with E-state index >= 15 is 0 Å². The normalized spacial score (nSPS) is 17.8. The highest BCUT2D eigenvalue weighted by molar-refractivity contribution is 7.89. The van der Waals surface area contributed by atoms with Crippen molar-refractivity contribution in [1.82, 2.24) is 4.31 Å². The van der Waals surface area contributed by atoms with Gasteiger partial charge in [-0.25, -0.2) is 17.1 Å². The summed E-state index contributed by atoms with van der Waals surface area (Å²) in [6.07, 6.45) is 5.78. The predicted molar refractivity (Wildman–Crippen MR) is 72.8 cm³/mol. The second-order valence-corrected chi connectivity index (χ2v) is 7.29. The van der Waals surface area contributed by atoms with Crippen LogP contribution in [-0.4, -0.2) is 26.3 Å². The van der Waals surface area contributed by atoms with Crippen molar-refractivity contribution in [2.24, 2.45) is 5.92 Å². The molecule has 0 amide bonds. The summed E-state index contributed by atoms with van der Waals surface area (Å²) in [5.41, 5.74) is 0. The monoisotopic (exact) mass is 285 g/mol. The fourth-order valence-electron chi connectivity index (χ4n) is 2.64. The first kappa shape index (κ1) is 14.5. The van der Waals surface area contributed by atoms with Gasteiger partial charge < -0.3 is 0 Å². The molecule has 1 fully saturated rings. The van der Waals surface area contributed by atoms with Crippen LogP contribution in [0.3, 0.4) is 0 Å². The second-order valence-electron chi connectivity index (χ2n) is 5.25. The summed E-state index contributed by atoms with van der Waals surface area (Å²) in [6.45, 7) is 0.527. The highest BCUT2D eigenvalue weighted by Gasteiger charge is 2.24. The first-order valence-corrected chi connectivity index (χ1v) is 8.16. The van der Waals surface area contributed by atoms with Crippen molar-refractivity contribution in [3.05, 3.63) is 30.1 Å². The molecule has 1 aliphatic carbocycles.